The van der Waals surface area contributed by atoms with Crippen molar-refractivity contribution in [2.45, 2.75) is 27.2 Å². The molecule has 18 heavy (non-hydrogen) atoms. The molecule has 0 fully saturated rings. The SMILES string of the molecule is CCc1ccc(-c2sc(C)nc2OC(C)=O)cc1. The van der Waals surface area contributed by atoms with E-state index in [9.17, 15) is 4.79 Å². The van der Waals surface area contributed by atoms with Gasteiger partial charge >= 0.3 is 5.97 Å². The molecule has 2 aromatic rings. The molecule has 0 bridgehead atoms. The fraction of sp³-hybridized carbons (Fsp3) is 0.286. The molecule has 0 aliphatic carbocycles. The van der Waals surface area contributed by atoms with E-state index in [0.717, 1.165) is 21.9 Å². The molecule has 2 rings (SSSR count). The molecule has 4 heteroatoms. The Morgan fingerprint density at radius 1 is 1.33 bits per heavy atom. The monoisotopic (exact) mass is 261 g/mol. The molecule has 1 aromatic heterocycles. The lowest BCUT2D eigenvalue weighted by Gasteiger charge is -2.03. The van der Waals surface area contributed by atoms with Crippen LogP contribution in [0.2, 0.25) is 0 Å². The second-order valence-electron chi connectivity index (χ2n) is 4.01. The molecule has 0 saturated heterocycles. The van der Waals surface area contributed by atoms with E-state index < -0.39 is 0 Å². The third kappa shape index (κ3) is 2.76. The first kappa shape index (κ1) is 12.8. The van der Waals surface area contributed by atoms with Crippen molar-refractivity contribution in [3.8, 4) is 16.3 Å². The number of rotatable bonds is 3. The number of nitrogens with zero attached hydrogens (tertiary/aromatic N) is 1. The Labute approximate surface area is 110 Å². The predicted molar refractivity (Wildman–Crippen MR) is 73.0 cm³/mol. The molecule has 0 N–H and O–H groups in total. The van der Waals surface area contributed by atoms with Gasteiger partial charge in [0.15, 0.2) is 0 Å². The van der Waals surface area contributed by atoms with E-state index in [4.69, 9.17) is 4.74 Å². The molecule has 0 radical (unpaired) electrons. The van der Waals surface area contributed by atoms with Gasteiger partial charge in [0.25, 0.3) is 0 Å². The van der Waals surface area contributed by atoms with Gasteiger partial charge in [-0.3, -0.25) is 4.79 Å². The largest absolute Gasteiger partial charge is 0.406 e. The van der Waals surface area contributed by atoms with Gasteiger partial charge in [0.1, 0.15) is 0 Å². The summed E-state index contributed by atoms with van der Waals surface area (Å²) in [5.74, 6) is 0.0703. The van der Waals surface area contributed by atoms with E-state index in [0.29, 0.717) is 5.88 Å². The first-order chi connectivity index (χ1) is 8.60. The second-order valence-corrected chi connectivity index (χ2v) is 5.21. The first-order valence-electron chi connectivity index (χ1n) is 5.85. The van der Waals surface area contributed by atoms with Gasteiger partial charge in [0.05, 0.1) is 9.88 Å². The van der Waals surface area contributed by atoms with Crippen LogP contribution < -0.4 is 4.74 Å². The Kier molecular flexibility index (Phi) is 3.77. The van der Waals surface area contributed by atoms with Crippen molar-refractivity contribution >= 4 is 17.3 Å². The lowest BCUT2D eigenvalue weighted by Crippen LogP contribution is -2.02. The summed E-state index contributed by atoms with van der Waals surface area (Å²) < 4.78 is 5.14. The summed E-state index contributed by atoms with van der Waals surface area (Å²) in [6.07, 6.45) is 1.01. The zero-order valence-corrected chi connectivity index (χ0v) is 11.5. The molecule has 1 heterocycles. The topological polar surface area (TPSA) is 39.2 Å². The summed E-state index contributed by atoms with van der Waals surface area (Å²) in [4.78, 5) is 16.2. The van der Waals surface area contributed by atoms with E-state index in [1.165, 1.54) is 23.8 Å². The minimum absolute atomic E-state index is 0.341. The van der Waals surface area contributed by atoms with Gasteiger partial charge in [-0.05, 0) is 24.5 Å². The molecule has 0 atom stereocenters. The van der Waals surface area contributed by atoms with Gasteiger partial charge in [-0.25, -0.2) is 4.98 Å². The third-order valence-corrected chi connectivity index (χ3v) is 3.57. The Balaban J connectivity index is 2.39. The van der Waals surface area contributed by atoms with Gasteiger partial charge in [-0.2, -0.15) is 0 Å². The van der Waals surface area contributed by atoms with E-state index in [1.807, 2.05) is 19.1 Å². The van der Waals surface area contributed by atoms with Crippen LogP contribution in [0, 0.1) is 6.92 Å². The predicted octanol–water partition coefficient (Wildman–Crippen LogP) is 3.61. The van der Waals surface area contributed by atoms with Crippen LogP contribution in [0.3, 0.4) is 0 Å². The van der Waals surface area contributed by atoms with Gasteiger partial charge in [-0.15, -0.1) is 11.3 Å². The number of aromatic nitrogens is 1. The van der Waals surface area contributed by atoms with Crippen LogP contribution in [0.4, 0.5) is 0 Å². The first-order valence-corrected chi connectivity index (χ1v) is 6.67. The Morgan fingerprint density at radius 3 is 2.56 bits per heavy atom. The molecule has 94 valence electrons. The van der Waals surface area contributed by atoms with E-state index >= 15 is 0 Å². The number of hydrogen-bond acceptors (Lipinski definition) is 4. The summed E-state index contributed by atoms with van der Waals surface area (Å²) in [5, 5.41) is 0.890. The highest BCUT2D eigenvalue weighted by Gasteiger charge is 2.14. The molecule has 0 aliphatic rings. The molecule has 1 aromatic carbocycles. The molecule has 3 nitrogen and oxygen atoms in total. The molecule has 0 saturated carbocycles. The van der Waals surface area contributed by atoms with E-state index in [-0.39, 0.29) is 5.97 Å². The third-order valence-electron chi connectivity index (χ3n) is 2.57. The van der Waals surface area contributed by atoms with Crippen LogP contribution in [0.25, 0.3) is 10.4 Å². The number of carbonyl (C=O) groups is 1. The van der Waals surface area contributed by atoms with Gasteiger partial charge in [0.2, 0.25) is 5.88 Å². The van der Waals surface area contributed by atoms with Crippen molar-refractivity contribution in [3.63, 3.8) is 0 Å². The maximum Gasteiger partial charge on any atom is 0.309 e. The minimum atomic E-state index is -0.341. The van der Waals surface area contributed by atoms with Gasteiger partial charge in [-0.1, -0.05) is 31.2 Å². The van der Waals surface area contributed by atoms with Crippen LogP contribution in [0.5, 0.6) is 5.88 Å². The molecular formula is C14H15NO2S. The van der Waals surface area contributed by atoms with Crippen LogP contribution in [-0.2, 0) is 11.2 Å². The number of hydrogen-bond donors (Lipinski definition) is 0. The maximum atomic E-state index is 11.0. The Hall–Kier alpha value is -1.68. The van der Waals surface area contributed by atoms with Crippen molar-refractivity contribution in [1.29, 1.82) is 0 Å². The minimum Gasteiger partial charge on any atom is -0.406 e. The maximum absolute atomic E-state index is 11.0. The average Bonchev–Trinajstić information content (AvgIpc) is 2.69. The van der Waals surface area contributed by atoms with Crippen molar-refractivity contribution in [1.82, 2.24) is 4.98 Å². The Morgan fingerprint density at radius 2 is 2.00 bits per heavy atom. The highest BCUT2D eigenvalue weighted by molar-refractivity contribution is 7.15. The Bertz CT molecular complexity index is 558. The fourth-order valence-corrected chi connectivity index (χ4v) is 2.54. The molecule has 0 aliphatic heterocycles. The summed E-state index contributed by atoms with van der Waals surface area (Å²) in [5.41, 5.74) is 2.32. The number of aryl methyl sites for hydroxylation is 2. The zero-order chi connectivity index (χ0) is 13.1. The highest BCUT2D eigenvalue weighted by Crippen LogP contribution is 2.35. The van der Waals surface area contributed by atoms with E-state index in [2.05, 4.69) is 24.0 Å². The molecule has 0 spiro atoms. The lowest BCUT2D eigenvalue weighted by molar-refractivity contribution is -0.132. The number of thiazole rings is 1. The smallest absolute Gasteiger partial charge is 0.309 e. The summed E-state index contributed by atoms with van der Waals surface area (Å²) in [6, 6.07) is 8.25. The molecule has 0 amide bonds. The lowest BCUT2D eigenvalue weighted by atomic mass is 10.1. The summed E-state index contributed by atoms with van der Waals surface area (Å²) in [7, 11) is 0. The van der Waals surface area contributed by atoms with Crippen LogP contribution in [0.15, 0.2) is 24.3 Å². The normalized spacial score (nSPS) is 10.4. The summed E-state index contributed by atoms with van der Waals surface area (Å²) in [6.45, 7) is 5.41. The van der Waals surface area contributed by atoms with Crippen molar-refractivity contribution < 1.29 is 9.53 Å². The van der Waals surface area contributed by atoms with Crippen LogP contribution >= 0.6 is 11.3 Å². The fourth-order valence-electron chi connectivity index (χ4n) is 1.69. The second kappa shape index (κ2) is 5.31. The van der Waals surface area contributed by atoms with Gasteiger partial charge in [0, 0.05) is 6.92 Å². The van der Waals surface area contributed by atoms with Crippen molar-refractivity contribution in [2.75, 3.05) is 0 Å². The highest BCUT2D eigenvalue weighted by atomic mass is 32.1. The zero-order valence-electron chi connectivity index (χ0n) is 10.7. The van der Waals surface area contributed by atoms with Gasteiger partial charge < -0.3 is 4.74 Å². The number of carbonyl (C=O) groups excluding carboxylic acids is 1. The van der Waals surface area contributed by atoms with E-state index in [1.54, 1.807) is 0 Å². The van der Waals surface area contributed by atoms with Crippen LogP contribution in [0.1, 0.15) is 24.4 Å². The summed E-state index contributed by atoms with van der Waals surface area (Å²) >= 11 is 1.53. The van der Waals surface area contributed by atoms with Crippen molar-refractivity contribution in [2.24, 2.45) is 0 Å². The quantitative estimate of drug-likeness (QED) is 0.792. The molecule has 0 unspecified atom stereocenters. The number of ether oxygens (including phenoxy) is 1. The number of benzene rings is 1. The van der Waals surface area contributed by atoms with Crippen molar-refractivity contribution in [3.05, 3.63) is 34.8 Å². The standard InChI is InChI=1S/C14H15NO2S/c1-4-11-5-7-12(8-6-11)13-14(17-10(3)16)15-9(2)18-13/h5-8H,4H2,1-3H3. The number of esters is 1. The average molecular weight is 261 g/mol. The van der Waals surface area contributed by atoms with Crippen LogP contribution in [-0.4, -0.2) is 11.0 Å². The molecular weight excluding hydrogens is 246 g/mol.